The van der Waals surface area contributed by atoms with E-state index in [4.69, 9.17) is 5.26 Å². The summed E-state index contributed by atoms with van der Waals surface area (Å²) in [5, 5.41) is 8.63. The minimum atomic E-state index is -0.685. The highest BCUT2D eigenvalue weighted by Gasteiger charge is 2.12. The summed E-state index contributed by atoms with van der Waals surface area (Å²) in [4.78, 5) is -0.0396. The SMILES string of the molecule is Cc1ccccc1CSc1c(F)cc(C#N)cc1F. The smallest absolute Gasteiger partial charge is 0.141 e. The predicted molar refractivity (Wildman–Crippen MR) is 71.8 cm³/mol. The Bertz CT molecular complexity index is 624. The van der Waals surface area contributed by atoms with Gasteiger partial charge in [0, 0.05) is 5.75 Å². The lowest BCUT2D eigenvalue weighted by atomic mass is 10.1. The highest BCUT2D eigenvalue weighted by molar-refractivity contribution is 7.98. The molecule has 0 spiro atoms. The Labute approximate surface area is 114 Å². The number of nitriles is 1. The molecule has 0 bridgehead atoms. The van der Waals surface area contributed by atoms with Gasteiger partial charge in [-0.2, -0.15) is 5.26 Å². The number of halogens is 2. The molecular formula is C15H11F2NS. The van der Waals surface area contributed by atoms with Crippen molar-refractivity contribution in [2.45, 2.75) is 17.6 Å². The molecule has 0 unspecified atom stereocenters. The first-order valence-electron chi connectivity index (χ1n) is 5.68. The number of nitrogens with zero attached hydrogens (tertiary/aromatic N) is 1. The molecule has 0 atom stereocenters. The van der Waals surface area contributed by atoms with Gasteiger partial charge in [-0.1, -0.05) is 24.3 Å². The summed E-state index contributed by atoms with van der Waals surface area (Å²) in [5.41, 5.74) is 2.12. The lowest BCUT2D eigenvalue weighted by Gasteiger charge is -2.07. The standard InChI is InChI=1S/C15H11F2NS/c1-10-4-2-3-5-12(10)9-19-15-13(16)6-11(8-18)7-14(15)17/h2-7H,9H2,1H3. The molecule has 4 heteroatoms. The van der Waals surface area contributed by atoms with E-state index >= 15 is 0 Å². The van der Waals surface area contributed by atoms with Crippen LogP contribution in [0.3, 0.4) is 0 Å². The van der Waals surface area contributed by atoms with E-state index in [1.165, 1.54) is 0 Å². The van der Waals surface area contributed by atoms with Crippen LogP contribution in [0.25, 0.3) is 0 Å². The van der Waals surface area contributed by atoms with E-state index in [-0.39, 0.29) is 10.5 Å². The molecule has 0 N–H and O–H groups in total. The van der Waals surface area contributed by atoms with E-state index in [1.807, 2.05) is 31.2 Å². The van der Waals surface area contributed by atoms with Gasteiger partial charge in [0.05, 0.1) is 16.5 Å². The van der Waals surface area contributed by atoms with Crippen LogP contribution in [0.5, 0.6) is 0 Å². The maximum absolute atomic E-state index is 13.7. The van der Waals surface area contributed by atoms with Gasteiger partial charge in [0.1, 0.15) is 11.6 Å². The van der Waals surface area contributed by atoms with Crippen molar-refractivity contribution in [3.63, 3.8) is 0 Å². The molecule has 2 aromatic rings. The second-order valence-electron chi connectivity index (χ2n) is 4.10. The number of hydrogen-bond donors (Lipinski definition) is 0. The molecule has 0 aliphatic heterocycles. The van der Waals surface area contributed by atoms with Crippen LogP contribution in [0.4, 0.5) is 8.78 Å². The van der Waals surface area contributed by atoms with Crippen molar-refractivity contribution in [1.82, 2.24) is 0 Å². The summed E-state index contributed by atoms with van der Waals surface area (Å²) in [6, 6.07) is 11.6. The average molecular weight is 275 g/mol. The summed E-state index contributed by atoms with van der Waals surface area (Å²) < 4.78 is 27.4. The molecule has 1 nitrogen and oxygen atoms in total. The minimum Gasteiger partial charge on any atom is -0.206 e. The Morgan fingerprint density at radius 1 is 1.16 bits per heavy atom. The molecule has 0 saturated heterocycles. The molecule has 0 saturated carbocycles. The number of aryl methyl sites for hydroxylation is 1. The van der Waals surface area contributed by atoms with Crippen LogP contribution < -0.4 is 0 Å². The van der Waals surface area contributed by atoms with Crippen LogP contribution >= 0.6 is 11.8 Å². The summed E-state index contributed by atoms with van der Waals surface area (Å²) in [6.45, 7) is 1.96. The number of hydrogen-bond acceptors (Lipinski definition) is 2. The Morgan fingerprint density at radius 2 is 1.79 bits per heavy atom. The van der Waals surface area contributed by atoms with Crippen LogP contribution in [-0.4, -0.2) is 0 Å². The number of benzene rings is 2. The normalized spacial score (nSPS) is 10.2. The Balaban J connectivity index is 2.21. The lowest BCUT2D eigenvalue weighted by molar-refractivity contribution is 0.540. The third kappa shape index (κ3) is 3.12. The van der Waals surface area contributed by atoms with Crippen molar-refractivity contribution < 1.29 is 8.78 Å². The first kappa shape index (κ1) is 13.6. The van der Waals surface area contributed by atoms with Crippen molar-refractivity contribution >= 4 is 11.8 Å². The molecule has 0 aromatic heterocycles. The molecule has 96 valence electrons. The van der Waals surface area contributed by atoms with Crippen LogP contribution in [0.2, 0.25) is 0 Å². The summed E-state index contributed by atoms with van der Waals surface area (Å²) in [7, 11) is 0. The molecule has 0 aliphatic carbocycles. The fourth-order valence-corrected chi connectivity index (χ4v) is 2.70. The van der Waals surface area contributed by atoms with Gasteiger partial charge >= 0.3 is 0 Å². The Kier molecular flexibility index (Phi) is 4.18. The van der Waals surface area contributed by atoms with E-state index in [1.54, 1.807) is 6.07 Å². The average Bonchev–Trinajstić information content (AvgIpc) is 2.39. The lowest BCUT2D eigenvalue weighted by Crippen LogP contribution is -1.92. The third-order valence-electron chi connectivity index (χ3n) is 2.76. The highest BCUT2D eigenvalue weighted by atomic mass is 32.2. The number of thioether (sulfide) groups is 1. The van der Waals surface area contributed by atoms with Gasteiger partial charge in [-0.25, -0.2) is 8.78 Å². The van der Waals surface area contributed by atoms with Crippen LogP contribution in [0.15, 0.2) is 41.3 Å². The van der Waals surface area contributed by atoms with Gasteiger partial charge < -0.3 is 0 Å². The topological polar surface area (TPSA) is 23.8 Å². The van der Waals surface area contributed by atoms with Crippen molar-refractivity contribution in [2.75, 3.05) is 0 Å². The van der Waals surface area contributed by atoms with E-state index in [9.17, 15) is 8.78 Å². The molecule has 0 fully saturated rings. The van der Waals surface area contributed by atoms with Gasteiger partial charge in [0.2, 0.25) is 0 Å². The fourth-order valence-electron chi connectivity index (χ4n) is 1.68. The first-order chi connectivity index (χ1) is 9.11. The molecule has 0 radical (unpaired) electrons. The van der Waals surface area contributed by atoms with Crippen LogP contribution in [-0.2, 0) is 5.75 Å². The van der Waals surface area contributed by atoms with Gasteiger partial charge in [-0.05, 0) is 30.2 Å². The van der Waals surface area contributed by atoms with Crippen molar-refractivity contribution in [2.24, 2.45) is 0 Å². The van der Waals surface area contributed by atoms with E-state index in [2.05, 4.69) is 0 Å². The zero-order chi connectivity index (χ0) is 13.8. The summed E-state index contributed by atoms with van der Waals surface area (Å²) >= 11 is 1.10. The van der Waals surface area contributed by atoms with Gasteiger partial charge in [-0.3, -0.25) is 0 Å². The van der Waals surface area contributed by atoms with Crippen molar-refractivity contribution in [1.29, 1.82) is 5.26 Å². The number of rotatable bonds is 3. The molecule has 2 rings (SSSR count). The maximum atomic E-state index is 13.7. The molecular weight excluding hydrogens is 264 g/mol. The van der Waals surface area contributed by atoms with Gasteiger partial charge in [0.25, 0.3) is 0 Å². The third-order valence-corrected chi connectivity index (χ3v) is 3.89. The zero-order valence-electron chi connectivity index (χ0n) is 10.3. The predicted octanol–water partition coefficient (Wildman–Crippen LogP) is 4.44. The second-order valence-corrected chi connectivity index (χ2v) is 5.08. The molecule has 0 heterocycles. The molecule has 0 amide bonds. The second kappa shape index (κ2) is 5.85. The largest absolute Gasteiger partial charge is 0.206 e. The molecule has 2 aromatic carbocycles. The van der Waals surface area contributed by atoms with E-state index in [0.717, 1.165) is 35.0 Å². The van der Waals surface area contributed by atoms with E-state index < -0.39 is 11.6 Å². The van der Waals surface area contributed by atoms with Gasteiger partial charge in [-0.15, -0.1) is 11.8 Å². The first-order valence-corrected chi connectivity index (χ1v) is 6.67. The summed E-state index contributed by atoms with van der Waals surface area (Å²) in [6.07, 6.45) is 0. The highest BCUT2D eigenvalue weighted by Crippen LogP contribution is 2.29. The maximum Gasteiger partial charge on any atom is 0.141 e. The Morgan fingerprint density at radius 3 is 2.37 bits per heavy atom. The zero-order valence-corrected chi connectivity index (χ0v) is 11.1. The minimum absolute atomic E-state index is 0.00441. The monoisotopic (exact) mass is 275 g/mol. The Hall–Kier alpha value is -1.86. The quantitative estimate of drug-likeness (QED) is 0.773. The van der Waals surface area contributed by atoms with E-state index in [0.29, 0.717) is 5.75 Å². The fraction of sp³-hybridized carbons (Fsp3) is 0.133. The van der Waals surface area contributed by atoms with Crippen molar-refractivity contribution in [3.05, 3.63) is 64.7 Å². The van der Waals surface area contributed by atoms with Crippen molar-refractivity contribution in [3.8, 4) is 6.07 Å². The van der Waals surface area contributed by atoms with Crippen LogP contribution in [0, 0.1) is 29.9 Å². The summed E-state index contributed by atoms with van der Waals surface area (Å²) in [5.74, 6) is -0.878. The van der Waals surface area contributed by atoms with Crippen LogP contribution in [0.1, 0.15) is 16.7 Å². The molecule has 0 aliphatic rings. The molecule has 19 heavy (non-hydrogen) atoms. The van der Waals surface area contributed by atoms with Gasteiger partial charge in [0.15, 0.2) is 0 Å².